The number of halogens is 2. The molecule has 0 bridgehead atoms. The Hall–Kier alpha value is -0.450. The van der Waals surface area contributed by atoms with Crippen molar-refractivity contribution in [1.82, 2.24) is 0 Å². The fraction of sp³-hybridized carbons (Fsp3) is 0.500. The Bertz CT molecular complexity index is 370. The van der Waals surface area contributed by atoms with Crippen molar-refractivity contribution in [3.8, 4) is 0 Å². The van der Waals surface area contributed by atoms with Crippen LogP contribution in [0.15, 0.2) is 22.7 Å². The van der Waals surface area contributed by atoms with Gasteiger partial charge >= 0.3 is 0 Å². The summed E-state index contributed by atoms with van der Waals surface area (Å²) in [5.74, 6) is -0.164. The van der Waals surface area contributed by atoms with Crippen molar-refractivity contribution in [3.05, 3.63) is 34.1 Å². The van der Waals surface area contributed by atoms with E-state index in [2.05, 4.69) is 15.9 Å². The Morgan fingerprint density at radius 1 is 1.50 bits per heavy atom. The van der Waals surface area contributed by atoms with Gasteiger partial charge in [-0.2, -0.15) is 0 Å². The molecule has 1 aliphatic rings. The van der Waals surface area contributed by atoms with Crippen LogP contribution in [-0.2, 0) is 4.74 Å². The van der Waals surface area contributed by atoms with Crippen LogP contribution in [0.3, 0.4) is 0 Å². The largest absolute Gasteiger partial charge is 0.396 e. The van der Waals surface area contributed by atoms with E-state index in [0.29, 0.717) is 11.1 Å². The lowest BCUT2D eigenvalue weighted by molar-refractivity contribution is -0.0461. The van der Waals surface area contributed by atoms with Crippen LogP contribution in [0.1, 0.15) is 24.5 Å². The SMILES string of the molecule is OCC1CCCOC1c1ccc(F)cc1Br. The molecule has 4 heteroatoms. The van der Waals surface area contributed by atoms with Crippen LogP contribution in [0.25, 0.3) is 0 Å². The van der Waals surface area contributed by atoms with Gasteiger partial charge in [0, 0.05) is 23.6 Å². The fourth-order valence-corrected chi connectivity index (χ4v) is 2.68. The van der Waals surface area contributed by atoms with E-state index in [1.54, 1.807) is 6.07 Å². The van der Waals surface area contributed by atoms with Crippen LogP contribution in [0.5, 0.6) is 0 Å². The van der Waals surface area contributed by atoms with Crippen molar-refractivity contribution in [1.29, 1.82) is 0 Å². The normalized spacial score (nSPS) is 25.7. The first-order chi connectivity index (χ1) is 7.72. The van der Waals surface area contributed by atoms with Gasteiger partial charge in [0.1, 0.15) is 5.82 Å². The summed E-state index contributed by atoms with van der Waals surface area (Å²) in [6.07, 6.45) is 1.79. The van der Waals surface area contributed by atoms with Gasteiger partial charge in [-0.1, -0.05) is 22.0 Å². The summed E-state index contributed by atoms with van der Waals surface area (Å²) in [5, 5.41) is 9.30. The van der Waals surface area contributed by atoms with E-state index in [0.717, 1.165) is 18.4 Å². The monoisotopic (exact) mass is 288 g/mol. The van der Waals surface area contributed by atoms with Crippen LogP contribution in [-0.4, -0.2) is 18.3 Å². The molecule has 2 rings (SSSR count). The number of benzene rings is 1. The molecule has 0 aliphatic carbocycles. The van der Waals surface area contributed by atoms with Gasteiger partial charge in [-0.05, 0) is 30.5 Å². The molecule has 1 aliphatic heterocycles. The molecule has 0 radical (unpaired) electrons. The van der Waals surface area contributed by atoms with E-state index in [1.807, 2.05) is 0 Å². The summed E-state index contributed by atoms with van der Waals surface area (Å²) < 4.78 is 19.4. The van der Waals surface area contributed by atoms with Gasteiger partial charge in [0.25, 0.3) is 0 Å². The van der Waals surface area contributed by atoms with Crippen molar-refractivity contribution in [2.24, 2.45) is 5.92 Å². The summed E-state index contributed by atoms with van der Waals surface area (Å²) >= 11 is 3.34. The van der Waals surface area contributed by atoms with Gasteiger partial charge in [0.15, 0.2) is 0 Å². The molecule has 2 atom stereocenters. The predicted octanol–water partition coefficient (Wildman–Crippen LogP) is 3.05. The number of aliphatic hydroxyl groups excluding tert-OH is 1. The summed E-state index contributed by atoms with van der Waals surface area (Å²) in [5.41, 5.74) is 0.917. The Morgan fingerprint density at radius 2 is 2.31 bits per heavy atom. The van der Waals surface area contributed by atoms with E-state index >= 15 is 0 Å². The molecule has 0 saturated carbocycles. The Balaban J connectivity index is 2.27. The third-order valence-corrected chi connectivity index (χ3v) is 3.64. The molecule has 1 fully saturated rings. The van der Waals surface area contributed by atoms with E-state index in [9.17, 15) is 9.50 Å². The van der Waals surface area contributed by atoms with Crippen LogP contribution in [0.4, 0.5) is 4.39 Å². The first-order valence-electron chi connectivity index (χ1n) is 5.40. The molecule has 2 unspecified atom stereocenters. The first kappa shape index (κ1) is 12.0. The van der Waals surface area contributed by atoms with Crippen LogP contribution in [0, 0.1) is 11.7 Å². The Kier molecular flexibility index (Phi) is 3.95. The minimum absolute atomic E-state index is 0.106. The highest BCUT2D eigenvalue weighted by Gasteiger charge is 2.28. The highest BCUT2D eigenvalue weighted by molar-refractivity contribution is 9.10. The number of aliphatic hydroxyl groups is 1. The average Bonchev–Trinajstić information content (AvgIpc) is 2.29. The molecule has 88 valence electrons. The number of rotatable bonds is 2. The second-order valence-electron chi connectivity index (χ2n) is 4.04. The van der Waals surface area contributed by atoms with E-state index < -0.39 is 0 Å². The van der Waals surface area contributed by atoms with Crippen LogP contribution >= 0.6 is 15.9 Å². The summed E-state index contributed by atoms with van der Waals surface area (Å²) in [6, 6.07) is 4.58. The second kappa shape index (κ2) is 5.25. The maximum atomic E-state index is 13.0. The quantitative estimate of drug-likeness (QED) is 0.906. The molecule has 16 heavy (non-hydrogen) atoms. The highest BCUT2D eigenvalue weighted by Crippen LogP contribution is 2.36. The van der Waals surface area contributed by atoms with Crippen molar-refractivity contribution < 1.29 is 14.2 Å². The predicted molar refractivity (Wildman–Crippen MR) is 62.6 cm³/mol. The van der Waals surface area contributed by atoms with E-state index in [1.165, 1.54) is 12.1 Å². The third kappa shape index (κ3) is 2.44. The van der Waals surface area contributed by atoms with Crippen molar-refractivity contribution in [2.45, 2.75) is 18.9 Å². The lowest BCUT2D eigenvalue weighted by Gasteiger charge is -2.31. The van der Waals surface area contributed by atoms with Crippen molar-refractivity contribution in [3.63, 3.8) is 0 Å². The molecular formula is C12H14BrFO2. The van der Waals surface area contributed by atoms with E-state index in [4.69, 9.17) is 4.74 Å². The van der Waals surface area contributed by atoms with Crippen LogP contribution < -0.4 is 0 Å². The molecule has 1 heterocycles. The van der Waals surface area contributed by atoms with Crippen molar-refractivity contribution in [2.75, 3.05) is 13.2 Å². The Labute approximate surface area is 103 Å². The molecule has 0 spiro atoms. The van der Waals surface area contributed by atoms with Gasteiger partial charge in [-0.15, -0.1) is 0 Å². The average molecular weight is 289 g/mol. The van der Waals surface area contributed by atoms with Gasteiger partial charge in [-0.3, -0.25) is 0 Å². The van der Waals surface area contributed by atoms with Gasteiger partial charge in [0.05, 0.1) is 6.10 Å². The number of hydrogen-bond acceptors (Lipinski definition) is 2. The highest BCUT2D eigenvalue weighted by atomic mass is 79.9. The summed E-state index contributed by atoms with van der Waals surface area (Å²) in [7, 11) is 0. The number of hydrogen-bond donors (Lipinski definition) is 1. The first-order valence-corrected chi connectivity index (χ1v) is 6.19. The molecular weight excluding hydrogens is 275 g/mol. The lowest BCUT2D eigenvalue weighted by Crippen LogP contribution is -2.25. The zero-order valence-corrected chi connectivity index (χ0v) is 10.4. The summed E-state index contributed by atoms with van der Waals surface area (Å²) in [6.45, 7) is 0.805. The zero-order valence-electron chi connectivity index (χ0n) is 8.83. The van der Waals surface area contributed by atoms with Gasteiger partial charge in [-0.25, -0.2) is 4.39 Å². The Morgan fingerprint density at radius 3 is 3.00 bits per heavy atom. The van der Waals surface area contributed by atoms with Crippen molar-refractivity contribution >= 4 is 15.9 Å². The number of ether oxygens (including phenoxy) is 1. The fourth-order valence-electron chi connectivity index (χ4n) is 2.11. The molecule has 1 saturated heterocycles. The molecule has 0 aromatic heterocycles. The molecule has 2 nitrogen and oxygen atoms in total. The minimum atomic E-state index is -0.271. The molecule has 1 aromatic carbocycles. The molecule has 0 amide bonds. The van der Waals surface area contributed by atoms with E-state index in [-0.39, 0.29) is 24.4 Å². The maximum absolute atomic E-state index is 13.0. The molecule has 1 N–H and O–H groups in total. The zero-order chi connectivity index (χ0) is 11.5. The third-order valence-electron chi connectivity index (χ3n) is 2.95. The molecule has 1 aromatic rings. The summed E-state index contributed by atoms with van der Waals surface area (Å²) in [4.78, 5) is 0. The topological polar surface area (TPSA) is 29.5 Å². The second-order valence-corrected chi connectivity index (χ2v) is 4.90. The standard InChI is InChI=1S/C12H14BrFO2/c13-11-6-9(14)3-4-10(11)12-8(7-15)2-1-5-16-12/h3-4,6,8,12,15H,1-2,5,7H2. The van der Waals surface area contributed by atoms with Gasteiger partial charge < -0.3 is 9.84 Å². The van der Waals surface area contributed by atoms with Gasteiger partial charge in [0.2, 0.25) is 0 Å². The smallest absolute Gasteiger partial charge is 0.124 e. The van der Waals surface area contributed by atoms with Crippen LogP contribution in [0.2, 0.25) is 0 Å². The lowest BCUT2D eigenvalue weighted by atomic mass is 9.90. The minimum Gasteiger partial charge on any atom is -0.396 e. The maximum Gasteiger partial charge on any atom is 0.124 e.